The topological polar surface area (TPSA) is 21.3 Å². The number of halogens is 1. The fourth-order valence-electron chi connectivity index (χ4n) is 2.92. The van der Waals surface area contributed by atoms with E-state index in [4.69, 9.17) is 4.74 Å². The average molecular weight is 299 g/mol. The minimum Gasteiger partial charge on any atom is -0.457 e. The summed E-state index contributed by atoms with van der Waals surface area (Å²) < 4.78 is 18.6. The predicted molar refractivity (Wildman–Crippen MR) is 88.0 cm³/mol. The van der Waals surface area contributed by atoms with E-state index in [2.05, 4.69) is 5.32 Å². The van der Waals surface area contributed by atoms with Crippen LogP contribution in [0.2, 0.25) is 0 Å². The maximum absolute atomic E-state index is 12.9. The van der Waals surface area contributed by atoms with Gasteiger partial charge in [-0.15, -0.1) is 0 Å². The first kappa shape index (κ1) is 14.9. The Kier molecular flexibility index (Phi) is 4.94. The molecule has 0 amide bonds. The molecule has 2 aromatic carbocycles. The van der Waals surface area contributed by atoms with Gasteiger partial charge in [0.05, 0.1) is 0 Å². The van der Waals surface area contributed by atoms with E-state index in [9.17, 15) is 4.39 Å². The van der Waals surface area contributed by atoms with Crippen LogP contribution in [0.25, 0.3) is 0 Å². The average Bonchev–Trinajstić information content (AvgIpc) is 2.80. The van der Waals surface area contributed by atoms with Crippen molar-refractivity contribution in [3.63, 3.8) is 0 Å². The Bertz CT molecular complexity index is 571. The van der Waals surface area contributed by atoms with E-state index < -0.39 is 0 Å². The molecule has 3 rings (SSSR count). The minimum atomic E-state index is -0.254. The van der Waals surface area contributed by atoms with Gasteiger partial charge in [0.1, 0.15) is 17.3 Å². The van der Waals surface area contributed by atoms with Crippen molar-refractivity contribution in [3.8, 4) is 11.5 Å². The second-order valence-electron chi connectivity index (χ2n) is 5.91. The Morgan fingerprint density at radius 3 is 1.91 bits per heavy atom. The van der Waals surface area contributed by atoms with Crippen LogP contribution in [0, 0.1) is 5.82 Å². The summed E-state index contributed by atoms with van der Waals surface area (Å²) in [7, 11) is 0. The van der Waals surface area contributed by atoms with E-state index in [1.807, 2.05) is 24.3 Å². The molecule has 2 aromatic rings. The number of rotatable bonds is 4. The molecule has 0 spiro atoms. The third-order valence-corrected chi connectivity index (χ3v) is 4.13. The molecule has 1 aliphatic carbocycles. The first-order valence-corrected chi connectivity index (χ1v) is 8.10. The third-order valence-electron chi connectivity index (χ3n) is 4.13. The molecule has 1 fully saturated rings. The van der Waals surface area contributed by atoms with Crippen LogP contribution in [-0.2, 0) is 0 Å². The number of hydrogen-bond acceptors (Lipinski definition) is 2. The van der Waals surface area contributed by atoms with Crippen LogP contribution in [0.4, 0.5) is 10.1 Å². The molecule has 0 aromatic heterocycles. The molecule has 2 nitrogen and oxygen atoms in total. The molecule has 1 saturated carbocycles. The van der Waals surface area contributed by atoms with Crippen LogP contribution in [-0.4, -0.2) is 6.04 Å². The molecule has 0 bridgehead atoms. The van der Waals surface area contributed by atoms with E-state index in [-0.39, 0.29) is 5.82 Å². The van der Waals surface area contributed by atoms with Crippen molar-refractivity contribution < 1.29 is 9.13 Å². The van der Waals surface area contributed by atoms with Gasteiger partial charge in [0.15, 0.2) is 0 Å². The molecule has 0 aliphatic heterocycles. The summed E-state index contributed by atoms with van der Waals surface area (Å²) in [6, 6.07) is 14.6. The quantitative estimate of drug-likeness (QED) is 0.725. The monoisotopic (exact) mass is 299 g/mol. The molecule has 0 heterocycles. The lowest BCUT2D eigenvalue weighted by molar-refractivity contribution is 0.480. The van der Waals surface area contributed by atoms with Crippen LogP contribution in [0.1, 0.15) is 38.5 Å². The zero-order chi connectivity index (χ0) is 15.2. The summed E-state index contributed by atoms with van der Waals surface area (Å²) >= 11 is 0. The number of hydrogen-bond donors (Lipinski definition) is 1. The van der Waals surface area contributed by atoms with Crippen LogP contribution in [0.15, 0.2) is 48.5 Å². The molecule has 0 radical (unpaired) electrons. The van der Waals surface area contributed by atoms with Crippen molar-refractivity contribution >= 4 is 5.69 Å². The lowest BCUT2D eigenvalue weighted by Gasteiger charge is -2.17. The fourth-order valence-corrected chi connectivity index (χ4v) is 2.92. The second-order valence-corrected chi connectivity index (χ2v) is 5.91. The van der Waals surface area contributed by atoms with Gasteiger partial charge >= 0.3 is 0 Å². The zero-order valence-electron chi connectivity index (χ0n) is 12.7. The fraction of sp³-hybridized carbons (Fsp3) is 0.368. The van der Waals surface area contributed by atoms with Crippen molar-refractivity contribution in [1.29, 1.82) is 0 Å². The normalized spacial score (nSPS) is 16.0. The van der Waals surface area contributed by atoms with Gasteiger partial charge in [-0.1, -0.05) is 25.7 Å². The first-order chi connectivity index (χ1) is 10.8. The summed E-state index contributed by atoms with van der Waals surface area (Å²) in [5.74, 6) is 1.15. The SMILES string of the molecule is Fc1ccc(Oc2ccc(NC3CCCCCC3)cc2)cc1. The molecule has 1 aliphatic rings. The summed E-state index contributed by atoms with van der Waals surface area (Å²) in [5, 5.41) is 3.61. The van der Waals surface area contributed by atoms with Crippen molar-refractivity contribution in [2.75, 3.05) is 5.32 Å². The largest absolute Gasteiger partial charge is 0.457 e. The van der Waals surface area contributed by atoms with E-state index >= 15 is 0 Å². The van der Waals surface area contributed by atoms with Crippen molar-refractivity contribution in [2.24, 2.45) is 0 Å². The molecule has 1 N–H and O–H groups in total. The lowest BCUT2D eigenvalue weighted by atomic mass is 10.1. The molecular formula is C19H22FNO. The Balaban J connectivity index is 1.58. The Hall–Kier alpha value is -2.03. The standard InChI is InChI=1S/C19H22FNO/c20-15-7-11-18(12-8-15)22-19-13-9-17(10-14-19)21-16-5-3-1-2-4-6-16/h7-14,16,21H,1-6H2. The summed E-state index contributed by atoms with van der Waals surface area (Å²) in [6.07, 6.45) is 7.89. The highest BCUT2D eigenvalue weighted by Gasteiger charge is 2.11. The molecule has 3 heteroatoms. The van der Waals surface area contributed by atoms with E-state index in [1.54, 1.807) is 12.1 Å². The number of benzene rings is 2. The highest BCUT2D eigenvalue weighted by molar-refractivity contribution is 5.47. The van der Waals surface area contributed by atoms with Crippen LogP contribution < -0.4 is 10.1 Å². The summed E-state index contributed by atoms with van der Waals surface area (Å²) in [6.45, 7) is 0. The molecule has 116 valence electrons. The lowest BCUT2D eigenvalue weighted by Crippen LogP contribution is -2.17. The van der Waals surface area contributed by atoms with E-state index in [0.717, 1.165) is 11.4 Å². The van der Waals surface area contributed by atoms with Crippen molar-refractivity contribution in [3.05, 3.63) is 54.3 Å². The van der Waals surface area contributed by atoms with Crippen LogP contribution >= 0.6 is 0 Å². The third kappa shape index (κ3) is 4.23. The van der Waals surface area contributed by atoms with Gasteiger partial charge in [0, 0.05) is 11.7 Å². The maximum Gasteiger partial charge on any atom is 0.127 e. The van der Waals surface area contributed by atoms with Gasteiger partial charge in [0.2, 0.25) is 0 Å². The predicted octanol–water partition coefficient (Wildman–Crippen LogP) is 5.75. The number of ether oxygens (including phenoxy) is 1. The van der Waals surface area contributed by atoms with E-state index in [1.165, 1.54) is 50.7 Å². The highest BCUT2D eigenvalue weighted by atomic mass is 19.1. The highest BCUT2D eigenvalue weighted by Crippen LogP contribution is 2.25. The summed E-state index contributed by atoms with van der Waals surface area (Å²) in [5.41, 5.74) is 1.14. The molecule has 22 heavy (non-hydrogen) atoms. The zero-order valence-corrected chi connectivity index (χ0v) is 12.7. The number of nitrogens with one attached hydrogen (secondary N) is 1. The second kappa shape index (κ2) is 7.30. The molecular weight excluding hydrogens is 277 g/mol. The van der Waals surface area contributed by atoms with Gasteiger partial charge in [-0.05, 0) is 61.4 Å². The number of anilines is 1. The van der Waals surface area contributed by atoms with Crippen LogP contribution in [0.5, 0.6) is 11.5 Å². The van der Waals surface area contributed by atoms with E-state index in [0.29, 0.717) is 11.8 Å². The van der Waals surface area contributed by atoms with Crippen LogP contribution in [0.3, 0.4) is 0 Å². The van der Waals surface area contributed by atoms with Gasteiger partial charge in [0.25, 0.3) is 0 Å². The first-order valence-electron chi connectivity index (χ1n) is 8.10. The molecule has 0 unspecified atom stereocenters. The van der Waals surface area contributed by atoms with Gasteiger partial charge in [-0.25, -0.2) is 4.39 Å². The van der Waals surface area contributed by atoms with Gasteiger partial charge < -0.3 is 10.1 Å². The van der Waals surface area contributed by atoms with Gasteiger partial charge in [-0.2, -0.15) is 0 Å². The smallest absolute Gasteiger partial charge is 0.127 e. The minimum absolute atomic E-state index is 0.254. The van der Waals surface area contributed by atoms with Crippen molar-refractivity contribution in [2.45, 2.75) is 44.6 Å². The Morgan fingerprint density at radius 1 is 0.773 bits per heavy atom. The van der Waals surface area contributed by atoms with Crippen molar-refractivity contribution in [1.82, 2.24) is 0 Å². The molecule has 0 atom stereocenters. The Labute approximate surface area is 131 Å². The molecule has 0 saturated heterocycles. The summed E-state index contributed by atoms with van der Waals surface area (Å²) in [4.78, 5) is 0. The maximum atomic E-state index is 12.9. The Morgan fingerprint density at radius 2 is 1.32 bits per heavy atom. The van der Waals surface area contributed by atoms with Gasteiger partial charge in [-0.3, -0.25) is 0 Å².